The van der Waals surface area contributed by atoms with Gasteiger partial charge in [0.2, 0.25) is 0 Å². The van der Waals surface area contributed by atoms with Crippen molar-refractivity contribution in [1.82, 2.24) is 10.3 Å². The number of hydrogen-bond donors (Lipinski definition) is 1. The molecule has 16 heavy (non-hydrogen) atoms. The molecule has 0 radical (unpaired) electrons. The first kappa shape index (κ1) is 11.6. The molecule has 0 unspecified atom stereocenters. The third-order valence-electron chi connectivity index (χ3n) is 4.04. The van der Waals surface area contributed by atoms with E-state index in [4.69, 9.17) is 0 Å². The van der Waals surface area contributed by atoms with Crippen LogP contribution in [0.3, 0.4) is 0 Å². The van der Waals surface area contributed by atoms with Crippen LogP contribution in [0.1, 0.15) is 32.3 Å². The Morgan fingerprint density at radius 3 is 2.75 bits per heavy atom. The van der Waals surface area contributed by atoms with E-state index in [9.17, 15) is 0 Å². The molecule has 2 nitrogen and oxygen atoms in total. The summed E-state index contributed by atoms with van der Waals surface area (Å²) >= 11 is 0. The van der Waals surface area contributed by atoms with Gasteiger partial charge in [-0.3, -0.25) is 4.98 Å². The Balaban J connectivity index is 2.14. The van der Waals surface area contributed by atoms with Crippen molar-refractivity contribution in [1.29, 1.82) is 0 Å². The molecule has 0 bridgehead atoms. The first-order chi connectivity index (χ1) is 7.68. The van der Waals surface area contributed by atoms with Crippen molar-refractivity contribution in [2.24, 2.45) is 11.8 Å². The molecular weight excluding hydrogens is 196 g/mol. The minimum absolute atomic E-state index is 0.345. The first-order valence-electron chi connectivity index (χ1n) is 6.23. The molecule has 0 aromatic carbocycles. The summed E-state index contributed by atoms with van der Waals surface area (Å²) < 4.78 is 0. The van der Waals surface area contributed by atoms with Gasteiger partial charge < -0.3 is 5.32 Å². The van der Waals surface area contributed by atoms with Crippen molar-refractivity contribution in [2.45, 2.75) is 32.1 Å². The maximum absolute atomic E-state index is 4.26. The van der Waals surface area contributed by atoms with E-state index in [0.29, 0.717) is 5.41 Å². The second-order valence-electron chi connectivity index (χ2n) is 5.46. The Morgan fingerprint density at radius 2 is 2.25 bits per heavy atom. The average molecular weight is 218 g/mol. The van der Waals surface area contributed by atoms with Gasteiger partial charge in [-0.05, 0) is 43.4 Å². The number of rotatable bonds is 4. The van der Waals surface area contributed by atoms with Crippen LogP contribution in [0.5, 0.6) is 0 Å². The SMILES string of the molecule is CNCC1(c2cccnc2)CC(C(C)C)C1. The van der Waals surface area contributed by atoms with E-state index < -0.39 is 0 Å². The summed E-state index contributed by atoms with van der Waals surface area (Å²) in [7, 11) is 2.04. The lowest BCUT2D eigenvalue weighted by molar-refractivity contribution is 0.0993. The maximum atomic E-state index is 4.26. The van der Waals surface area contributed by atoms with Gasteiger partial charge >= 0.3 is 0 Å². The number of aromatic nitrogens is 1. The summed E-state index contributed by atoms with van der Waals surface area (Å²) in [6, 6.07) is 4.27. The van der Waals surface area contributed by atoms with Crippen LogP contribution < -0.4 is 5.32 Å². The van der Waals surface area contributed by atoms with Crippen LogP contribution in [0.4, 0.5) is 0 Å². The maximum Gasteiger partial charge on any atom is 0.0306 e. The van der Waals surface area contributed by atoms with Crippen LogP contribution in [0.25, 0.3) is 0 Å². The number of hydrogen-bond acceptors (Lipinski definition) is 2. The Hall–Kier alpha value is -0.890. The highest BCUT2D eigenvalue weighted by Crippen LogP contribution is 2.50. The van der Waals surface area contributed by atoms with E-state index in [-0.39, 0.29) is 0 Å². The Labute approximate surface area is 98.5 Å². The summed E-state index contributed by atoms with van der Waals surface area (Å²) in [6.07, 6.45) is 6.50. The summed E-state index contributed by atoms with van der Waals surface area (Å²) in [5.41, 5.74) is 1.75. The average Bonchev–Trinajstić information content (AvgIpc) is 2.23. The molecule has 1 aromatic heterocycles. The molecule has 0 spiro atoms. The van der Waals surface area contributed by atoms with Crippen LogP contribution in [0, 0.1) is 11.8 Å². The van der Waals surface area contributed by atoms with E-state index >= 15 is 0 Å². The topological polar surface area (TPSA) is 24.9 Å². The highest BCUT2D eigenvalue weighted by Gasteiger charge is 2.45. The lowest BCUT2D eigenvalue weighted by atomic mass is 9.56. The van der Waals surface area contributed by atoms with Crippen molar-refractivity contribution in [3.8, 4) is 0 Å². The molecule has 0 saturated heterocycles. The molecule has 0 aliphatic heterocycles. The van der Waals surface area contributed by atoms with Gasteiger partial charge in [0.05, 0.1) is 0 Å². The molecule has 1 N–H and O–H groups in total. The minimum atomic E-state index is 0.345. The fourth-order valence-corrected chi connectivity index (χ4v) is 2.91. The number of nitrogens with one attached hydrogen (secondary N) is 1. The zero-order valence-electron chi connectivity index (χ0n) is 10.5. The number of nitrogens with zero attached hydrogens (tertiary/aromatic N) is 1. The molecule has 0 amide bonds. The van der Waals surface area contributed by atoms with Crippen LogP contribution in [-0.2, 0) is 5.41 Å². The van der Waals surface area contributed by atoms with Crippen molar-refractivity contribution in [2.75, 3.05) is 13.6 Å². The van der Waals surface area contributed by atoms with Crippen LogP contribution >= 0.6 is 0 Å². The monoisotopic (exact) mass is 218 g/mol. The third-order valence-corrected chi connectivity index (χ3v) is 4.04. The van der Waals surface area contributed by atoms with E-state index in [2.05, 4.69) is 36.3 Å². The zero-order chi connectivity index (χ0) is 11.6. The standard InChI is InChI=1S/C14H22N2/c1-11(2)12-7-14(8-12,10-15-3)13-5-4-6-16-9-13/h4-6,9,11-12,15H,7-8,10H2,1-3H3. The quantitative estimate of drug-likeness (QED) is 0.840. The molecule has 1 heterocycles. The van der Waals surface area contributed by atoms with Crippen molar-refractivity contribution >= 4 is 0 Å². The number of likely N-dealkylation sites (N-methyl/N-ethyl adjacent to an activating group) is 1. The summed E-state index contributed by atoms with van der Waals surface area (Å²) in [4.78, 5) is 4.26. The Morgan fingerprint density at radius 1 is 1.50 bits per heavy atom. The van der Waals surface area contributed by atoms with Gasteiger partial charge in [0.25, 0.3) is 0 Å². The summed E-state index contributed by atoms with van der Waals surface area (Å²) in [6.45, 7) is 5.73. The van der Waals surface area contributed by atoms with Gasteiger partial charge in [-0.15, -0.1) is 0 Å². The fraction of sp³-hybridized carbons (Fsp3) is 0.643. The molecule has 1 aromatic rings. The first-order valence-corrected chi connectivity index (χ1v) is 6.23. The van der Waals surface area contributed by atoms with Crippen molar-refractivity contribution < 1.29 is 0 Å². The highest BCUT2D eigenvalue weighted by atomic mass is 14.8. The smallest absolute Gasteiger partial charge is 0.0306 e. The molecule has 1 fully saturated rings. The molecule has 1 aliphatic carbocycles. The van der Waals surface area contributed by atoms with Crippen LogP contribution in [0.2, 0.25) is 0 Å². The Kier molecular flexibility index (Phi) is 3.29. The predicted molar refractivity (Wildman–Crippen MR) is 67.4 cm³/mol. The second kappa shape index (κ2) is 4.54. The zero-order valence-corrected chi connectivity index (χ0v) is 10.5. The van der Waals surface area contributed by atoms with Gasteiger partial charge in [0.15, 0.2) is 0 Å². The van der Waals surface area contributed by atoms with Crippen molar-refractivity contribution in [3.63, 3.8) is 0 Å². The van der Waals surface area contributed by atoms with Gasteiger partial charge in [-0.25, -0.2) is 0 Å². The third kappa shape index (κ3) is 1.99. The fourth-order valence-electron chi connectivity index (χ4n) is 2.91. The largest absolute Gasteiger partial charge is 0.319 e. The second-order valence-corrected chi connectivity index (χ2v) is 5.46. The van der Waals surface area contributed by atoms with Crippen LogP contribution in [-0.4, -0.2) is 18.6 Å². The number of pyridine rings is 1. The molecular formula is C14H22N2. The molecule has 1 saturated carbocycles. The molecule has 1 aliphatic rings. The van der Waals surface area contributed by atoms with Gasteiger partial charge in [-0.1, -0.05) is 19.9 Å². The van der Waals surface area contributed by atoms with Crippen molar-refractivity contribution in [3.05, 3.63) is 30.1 Å². The molecule has 0 atom stereocenters. The van der Waals surface area contributed by atoms with E-state index in [1.807, 2.05) is 19.4 Å². The summed E-state index contributed by atoms with van der Waals surface area (Å²) in [5, 5.41) is 3.34. The van der Waals surface area contributed by atoms with E-state index in [0.717, 1.165) is 18.4 Å². The highest BCUT2D eigenvalue weighted by molar-refractivity contribution is 5.27. The van der Waals surface area contributed by atoms with Crippen LogP contribution in [0.15, 0.2) is 24.5 Å². The van der Waals surface area contributed by atoms with Gasteiger partial charge in [-0.2, -0.15) is 0 Å². The van der Waals surface area contributed by atoms with E-state index in [1.54, 1.807) is 0 Å². The van der Waals surface area contributed by atoms with Gasteiger partial charge in [0.1, 0.15) is 0 Å². The lowest BCUT2D eigenvalue weighted by Gasteiger charge is -2.50. The molecule has 2 heteroatoms. The predicted octanol–water partition coefficient (Wildman–Crippen LogP) is 2.60. The molecule has 2 rings (SSSR count). The lowest BCUT2D eigenvalue weighted by Crippen LogP contribution is -2.49. The van der Waals surface area contributed by atoms with Gasteiger partial charge in [0, 0.05) is 24.4 Å². The summed E-state index contributed by atoms with van der Waals surface area (Å²) in [5.74, 6) is 1.69. The molecule has 88 valence electrons. The Bertz CT molecular complexity index is 326. The van der Waals surface area contributed by atoms with E-state index in [1.165, 1.54) is 18.4 Å². The minimum Gasteiger partial charge on any atom is -0.319 e. The normalized spacial score (nSPS) is 29.1.